The Hall–Kier alpha value is -3.04. The van der Waals surface area contributed by atoms with Crippen molar-refractivity contribution in [3.05, 3.63) is 58.9 Å². The van der Waals surface area contributed by atoms with Crippen LogP contribution in [0.1, 0.15) is 12.8 Å². The molecule has 2 aromatic heterocycles. The van der Waals surface area contributed by atoms with Crippen molar-refractivity contribution in [3.63, 3.8) is 0 Å². The number of likely N-dealkylation sites (tertiary alicyclic amines) is 1. The second-order valence-electron chi connectivity index (χ2n) is 7.52. The zero-order chi connectivity index (χ0) is 20.7. The number of ether oxygens (including phenoxy) is 2. The number of carbonyl (C=O) groups is 1. The fraction of sp³-hybridized carbons (Fsp3) is 0.381. The molecular formula is C21H21FN4O4. The zero-order valence-electron chi connectivity index (χ0n) is 16.3. The van der Waals surface area contributed by atoms with Crippen LogP contribution in [0.3, 0.4) is 0 Å². The van der Waals surface area contributed by atoms with Gasteiger partial charge in [0.1, 0.15) is 12.4 Å². The summed E-state index contributed by atoms with van der Waals surface area (Å²) in [5.74, 6) is -1.10. The molecule has 4 heterocycles. The lowest BCUT2D eigenvalue weighted by atomic mass is 10.0. The topological polar surface area (TPSA) is 78.6 Å². The minimum absolute atomic E-state index is 0.0933. The summed E-state index contributed by atoms with van der Waals surface area (Å²) < 4.78 is 27.6. The number of hydrogen-bond acceptors (Lipinski definition) is 5. The highest BCUT2D eigenvalue weighted by atomic mass is 19.1. The molecule has 1 spiro atoms. The number of pyridine rings is 1. The van der Waals surface area contributed by atoms with Gasteiger partial charge in [-0.3, -0.25) is 9.36 Å². The van der Waals surface area contributed by atoms with E-state index < -0.39 is 11.6 Å². The lowest BCUT2D eigenvalue weighted by Crippen LogP contribution is -2.48. The number of piperidine rings is 1. The Kier molecular flexibility index (Phi) is 4.63. The van der Waals surface area contributed by atoms with Gasteiger partial charge in [-0.2, -0.15) is 0 Å². The van der Waals surface area contributed by atoms with Crippen molar-refractivity contribution in [3.8, 4) is 5.69 Å². The van der Waals surface area contributed by atoms with E-state index in [2.05, 4.69) is 4.98 Å². The molecular weight excluding hydrogens is 391 g/mol. The first-order valence-electron chi connectivity index (χ1n) is 9.94. The van der Waals surface area contributed by atoms with E-state index in [1.165, 1.54) is 33.4 Å². The molecule has 8 nitrogen and oxygen atoms in total. The lowest BCUT2D eigenvalue weighted by molar-refractivity contribution is -0.187. The minimum Gasteiger partial charge on any atom is -0.347 e. The molecule has 2 fully saturated rings. The summed E-state index contributed by atoms with van der Waals surface area (Å²) in [5.41, 5.74) is 1.08. The van der Waals surface area contributed by atoms with Crippen LogP contribution in [0.15, 0.2) is 47.4 Å². The van der Waals surface area contributed by atoms with Crippen LogP contribution >= 0.6 is 0 Å². The van der Waals surface area contributed by atoms with Crippen molar-refractivity contribution < 1.29 is 18.7 Å². The monoisotopic (exact) mass is 412 g/mol. The van der Waals surface area contributed by atoms with Crippen LogP contribution < -0.4 is 5.69 Å². The molecule has 1 amide bonds. The molecule has 30 heavy (non-hydrogen) atoms. The van der Waals surface area contributed by atoms with Gasteiger partial charge in [0.05, 0.1) is 24.4 Å². The van der Waals surface area contributed by atoms with Crippen LogP contribution in [0, 0.1) is 5.82 Å². The van der Waals surface area contributed by atoms with E-state index in [1.54, 1.807) is 23.2 Å². The first-order chi connectivity index (χ1) is 14.6. The maximum atomic E-state index is 13.3. The number of aromatic nitrogens is 3. The number of amides is 1. The van der Waals surface area contributed by atoms with E-state index in [0.29, 0.717) is 56.0 Å². The lowest BCUT2D eigenvalue weighted by Gasteiger charge is -2.37. The number of fused-ring (bicyclic) bond motifs is 1. The fourth-order valence-corrected chi connectivity index (χ4v) is 4.18. The fourth-order valence-electron chi connectivity index (χ4n) is 4.18. The molecule has 3 aromatic rings. The number of imidazole rings is 1. The van der Waals surface area contributed by atoms with Gasteiger partial charge >= 0.3 is 5.69 Å². The van der Waals surface area contributed by atoms with Gasteiger partial charge < -0.3 is 14.4 Å². The molecule has 0 atom stereocenters. The van der Waals surface area contributed by atoms with Crippen molar-refractivity contribution in [1.82, 2.24) is 19.0 Å². The highest BCUT2D eigenvalue weighted by Crippen LogP contribution is 2.31. The Morgan fingerprint density at radius 1 is 1.10 bits per heavy atom. The summed E-state index contributed by atoms with van der Waals surface area (Å²) in [6, 6.07) is 9.08. The zero-order valence-corrected chi connectivity index (χ0v) is 16.3. The van der Waals surface area contributed by atoms with Crippen LogP contribution in [0.25, 0.3) is 16.9 Å². The van der Waals surface area contributed by atoms with Crippen molar-refractivity contribution in [2.24, 2.45) is 0 Å². The molecule has 0 unspecified atom stereocenters. The smallest absolute Gasteiger partial charge is 0.335 e. The average molecular weight is 412 g/mol. The maximum Gasteiger partial charge on any atom is 0.335 e. The molecule has 2 aliphatic rings. The summed E-state index contributed by atoms with van der Waals surface area (Å²) in [6.45, 7) is 2.10. The molecule has 2 aliphatic heterocycles. The standard InChI is InChI=1S/C21H21FN4O4/c22-15-3-5-16(6-4-15)26-19-17(2-1-9-23-19)25(20(26)28)14-18(27)24-10-7-21(8-11-24)29-12-13-30-21/h1-6,9H,7-8,10-14H2. The highest BCUT2D eigenvalue weighted by Gasteiger charge is 2.40. The normalized spacial score (nSPS) is 18.4. The number of halogens is 1. The molecule has 156 valence electrons. The summed E-state index contributed by atoms with van der Waals surface area (Å²) in [7, 11) is 0. The second-order valence-corrected chi connectivity index (χ2v) is 7.52. The largest absolute Gasteiger partial charge is 0.347 e. The average Bonchev–Trinajstić information content (AvgIpc) is 3.32. The van der Waals surface area contributed by atoms with Crippen molar-refractivity contribution in [2.45, 2.75) is 25.2 Å². The highest BCUT2D eigenvalue weighted by molar-refractivity contribution is 5.80. The van der Waals surface area contributed by atoms with Gasteiger partial charge in [-0.05, 0) is 36.4 Å². The number of hydrogen-bond donors (Lipinski definition) is 0. The number of nitrogens with zero attached hydrogens (tertiary/aromatic N) is 4. The molecule has 0 bridgehead atoms. The van der Waals surface area contributed by atoms with Gasteiger partial charge in [0.25, 0.3) is 0 Å². The molecule has 0 saturated carbocycles. The SMILES string of the molecule is O=C(Cn1c(=O)n(-c2ccc(F)cc2)c2ncccc21)N1CCC2(CC1)OCCO2. The maximum absolute atomic E-state index is 13.3. The van der Waals surface area contributed by atoms with E-state index in [1.807, 2.05) is 0 Å². The third-order valence-electron chi connectivity index (χ3n) is 5.76. The van der Waals surface area contributed by atoms with Gasteiger partial charge in [-0.25, -0.2) is 18.7 Å². The Morgan fingerprint density at radius 2 is 1.80 bits per heavy atom. The van der Waals surface area contributed by atoms with E-state index >= 15 is 0 Å². The third-order valence-corrected chi connectivity index (χ3v) is 5.76. The minimum atomic E-state index is -0.559. The van der Waals surface area contributed by atoms with E-state index in [-0.39, 0.29) is 18.1 Å². The summed E-state index contributed by atoms with van der Waals surface area (Å²) in [6.07, 6.45) is 2.82. The summed E-state index contributed by atoms with van der Waals surface area (Å²) in [5, 5.41) is 0. The molecule has 5 rings (SSSR count). The van der Waals surface area contributed by atoms with Gasteiger partial charge in [-0.15, -0.1) is 0 Å². The van der Waals surface area contributed by atoms with Crippen LogP contribution in [-0.4, -0.2) is 57.0 Å². The number of carbonyl (C=O) groups excluding carboxylic acids is 1. The van der Waals surface area contributed by atoms with Crippen molar-refractivity contribution in [2.75, 3.05) is 26.3 Å². The first kappa shape index (κ1) is 19.0. The second kappa shape index (κ2) is 7.33. The van der Waals surface area contributed by atoms with Crippen LogP contribution in [0.4, 0.5) is 4.39 Å². The van der Waals surface area contributed by atoms with Crippen LogP contribution in [-0.2, 0) is 20.8 Å². The summed E-state index contributed by atoms with van der Waals surface area (Å²) >= 11 is 0. The molecule has 2 saturated heterocycles. The number of rotatable bonds is 3. The third kappa shape index (κ3) is 3.20. The Morgan fingerprint density at radius 3 is 2.50 bits per heavy atom. The van der Waals surface area contributed by atoms with Gasteiger partial charge in [0, 0.05) is 32.1 Å². The van der Waals surface area contributed by atoms with E-state index in [0.717, 1.165) is 0 Å². The van der Waals surface area contributed by atoms with E-state index in [9.17, 15) is 14.0 Å². The predicted molar refractivity (Wildman–Crippen MR) is 106 cm³/mol. The Labute approximate surface area is 171 Å². The Bertz CT molecular complexity index is 1140. The van der Waals surface area contributed by atoms with Crippen molar-refractivity contribution in [1.29, 1.82) is 0 Å². The molecule has 0 N–H and O–H groups in total. The molecule has 0 aliphatic carbocycles. The Balaban J connectivity index is 1.43. The first-order valence-corrected chi connectivity index (χ1v) is 9.94. The summed E-state index contributed by atoms with van der Waals surface area (Å²) in [4.78, 5) is 32.2. The number of benzene rings is 1. The van der Waals surface area contributed by atoms with Gasteiger partial charge in [0.15, 0.2) is 11.4 Å². The molecule has 0 radical (unpaired) electrons. The van der Waals surface area contributed by atoms with Crippen molar-refractivity contribution >= 4 is 17.1 Å². The van der Waals surface area contributed by atoms with Gasteiger partial charge in [0.2, 0.25) is 5.91 Å². The van der Waals surface area contributed by atoms with Crippen LogP contribution in [0.5, 0.6) is 0 Å². The van der Waals surface area contributed by atoms with Gasteiger partial charge in [-0.1, -0.05) is 0 Å². The quantitative estimate of drug-likeness (QED) is 0.654. The molecule has 9 heteroatoms. The molecule has 1 aromatic carbocycles. The predicted octanol–water partition coefficient (Wildman–Crippen LogP) is 1.69. The van der Waals surface area contributed by atoms with Crippen LogP contribution in [0.2, 0.25) is 0 Å². The van der Waals surface area contributed by atoms with E-state index in [4.69, 9.17) is 9.47 Å².